The summed E-state index contributed by atoms with van der Waals surface area (Å²) >= 11 is 3.69. The van der Waals surface area contributed by atoms with Gasteiger partial charge < -0.3 is 25.4 Å². The SMILES string of the molecule is NCC1(S)OC(=O)C(O)C(O)C(=O)O1. The third-order valence-corrected chi connectivity index (χ3v) is 1.93. The Hall–Kier alpha value is -0.830. The summed E-state index contributed by atoms with van der Waals surface area (Å²) < 4.78 is 8.90. The van der Waals surface area contributed by atoms with E-state index in [9.17, 15) is 9.59 Å². The highest BCUT2D eigenvalue weighted by molar-refractivity contribution is 7.81. The lowest BCUT2D eigenvalue weighted by atomic mass is 10.2. The molecule has 2 atom stereocenters. The van der Waals surface area contributed by atoms with E-state index >= 15 is 0 Å². The van der Waals surface area contributed by atoms with E-state index in [4.69, 9.17) is 15.9 Å². The predicted octanol–water partition coefficient (Wildman–Crippen LogP) is -2.65. The Morgan fingerprint density at radius 2 is 1.64 bits per heavy atom. The molecule has 0 aromatic rings. The zero-order valence-corrected chi connectivity index (χ0v) is 7.81. The first-order valence-electron chi connectivity index (χ1n) is 3.64. The first kappa shape index (κ1) is 11.2. The number of rotatable bonds is 1. The van der Waals surface area contributed by atoms with E-state index in [1.54, 1.807) is 0 Å². The Labute approximate surface area is 84.2 Å². The molecule has 1 rings (SSSR count). The smallest absolute Gasteiger partial charge is 0.342 e. The van der Waals surface area contributed by atoms with Crippen molar-refractivity contribution in [3.63, 3.8) is 0 Å². The number of hydrogen-bond donors (Lipinski definition) is 4. The molecule has 0 saturated carbocycles. The highest BCUT2D eigenvalue weighted by atomic mass is 32.1. The first-order valence-corrected chi connectivity index (χ1v) is 4.08. The molecule has 0 spiro atoms. The average Bonchev–Trinajstić information content (AvgIpc) is 2.20. The fourth-order valence-corrected chi connectivity index (χ4v) is 0.977. The van der Waals surface area contributed by atoms with Gasteiger partial charge in [-0.3, -0.25) is 0 Å². The molecule has 0 aliphatic carbocycles. The Bertz CT molecular complexity index is 247. The van der Waals surface area contributed by atoms with Gasteiger partial charge in [-0.15, -0.1) is 0 Å². The summed E-state index contributed by atoms with van der Waals surface area (Å²) in [6.07, 6.45) is -3.97. The maximum Gasteiger partial charge on any atom is 0.342 e. The van der Waals surface area contributed by atoms with Gasteiger partial charge >= 0.3 is 17.1 Å². The van der Waals surface area contributed by atoms with E-state index < -0.39 is 35.8 Å². The lowest BCUT2D eigenvalue weighted by Gasteiger charge is -2.23. The topological polar surface area (TPSA) is 119 Å². The average molecular weight is 223 g/mol. The summed E-state index contributed by atoms with van der Waals surface area (Å²) in [5, 5.41) is 16.1. The van der Waals surface area contributed by atoms with E-state index in [1.165, 1.54) is 0 Å². The van der Waals surface area contributed by atoms with Gasteiger partial charge in [0.05, 0.1) is 6.54 Å². The second kappa shape index (κ2) is 3.73. The number of carbonyl (C=O) groups is 2. The standard InChI is InChI=1S/C6H9NO6S/c7-1-6(14)12-4(10)2(8)3(9)5(11)13-6/h2-3,8-9,14H,1,7H2. The summed E-state index contributed by atoms with van der Waals surface area (Å²) in [6, 6.07) is 0. The summed E-state index contributed by atoms with van der Waals surface area (Å²) in [4.78, 5) is 22.0. The summed E-state index contributed by atoms with van der Waals surface area (Å²) in [6.45, 7) is -0.396. The van der Waals surface area contributed by atoms with Gasteiger partial charge in [0, 0.05) is 0 Å². The van der Waals surface area contributed by atoms with Gasteiger partial charge in [-0.1, -0.05) is 12.6 Å². The fourth-order valence-electron chi connectivity index (χ4n) is 0.797. The van der Waals surface area contributed by atoms with Gasteiger partial charge in [0.1, 0.15) is 0 Å². The van der Waals surface area contributed by atoms with Crippen LogP contribution in [0.1, 0.15) is 0 Å². The van der Waals surface area contributed by atoms with Crippen molar-refractivity contribution in [3.05, 3.63) is 0 Å². The molecular weight excluding hydrogens is 214 g/mol. The third-order valence-electron chi connectivity index (χ3n) is 1.56. The zero-order valence-electron chi connectivity index (χ0n) is 6.91. The number of thiol groups is 1. The maximum absolute atomic E-state index is 11.0. The van der Waals surface area contributed by atoms with Gasteiger partial charge in [0.15, 0.2) is 12.2 Å². The number of cyclic esters (lactones) is 2. The molecule has 0 radical (unpaired) electrons. The summed E-state index contributed by atoms with van der Waals surface area (Å²) in [5.74, 6) is -2.44. The molecule has 1 aliphatic heterocycles. The highest BCUT2D eigenvalue weighted by Gasteiger charge is 2.45. The number of aliphatic hydroxyl groups is 2. The van der Waals surface area contributed by atoms with Crippen LogP contribution in [0.2, 0.25) is 0 Å². The molecule has 14 heavy (non-hydrogen) atoms. The number of hydrogen-bond acceptors (Lipinski definition) is 8. The maximum atomic E-state index is 11.0. The molecule has 1 aliphatic rings. The molecule has 0 amide bonds. The van der Waals surface area contributed by atoms with Crippen LogP contribution in [0.25, 0.3) is 0 Å². The zero-order chi connectivity index (χ0) is 10.9. The largest absolute Gasteiger partial charge is 0.410 e. The van der Waals surface area contributed by atoms with Gasteiger partial charge in [-0.05, 0) is 0 Å². The molecule has 1 fully saturated rings. The van der Waals surface area contributed by atoms with Crippen LogP contribution < -0.4 is 5.73 Å². The van der Waals surface area contributed by atoms with Crippen molar-refractivity contribution in [1.29, 1.82) is 0 Å². The van der Waals surface area contributed by atoms with E-state index in [2.05, 4.69) is 22.1 Å². The molecule has 0 aromatic heterocycles. The van der Waals surface area contributed by atoms with Gasteiger partial charge in [0.25, 0.3) is 0 Å². The molecule has 80 valence electrons. The minimum atomic E-state index is -1.98. The Kier molecular flexibility index (Phi) is 3.00. The monoisotopic (exact) mass is 223 g/mol. The number of esters is 2. The molecule has 0 bridgehead atoms. The van der Waals surface area contributed by atoms with Crippen LogP contribution in [0.5, 0.6) is 0 Å². The first-order chi connectivity index (χ1) is 6.39. The second-order valence-electron chi connectivity index (χ2n) is 2.65. The fraction of sp³-hybridized carbons (Fsp3) is 0.667. The van der Waals surface area contributed by atoms with Crippen LogP contribution >= 0.6 is 12.6 Å². The Morgan fingerprint density at radius 3 is 1.93 bits per heavy atom. The number of carbonyl (C=O) groups excluding carboxylic acids is 2. The van der Waals surface area contributed by atoms with Crippen LogP contribution in [0, 0.1) is 0 Å². The highest BCUT2D eigenvalue weighted by Crippen LogP contribution is 2.23. The molecule has 2 unspecified atom stereocenters. The molecular formula is C6H9NO6S. The Morgan fingerprint density at radius 1 is 1.29 bits per heavy atom. The summed E-state index contributed by atoms with van der Waals surface area (Å²) in [5.41, 5.74) is 5.13. The number of ether oxygens (including phenoxy) is 2. The van der Waals surface area contributed by atoms with Crippen LogP contribution in [-0.2, 0) is 19.1 Å². The third kappa shape index (κ3) is 1.98. The number of aliphatic hydroxyl groups excluding tert-OH is 2. The van der Waals surface area contributed by atoms with Crippen molar-refractivity contribution in [3.8, 4) is 0 Å². The number of nitrogens with two attached hydrogens (primary N) is 1. The van der Waals surface area contributed by atoms with Gasteiger partial charge in [-0.25, -0.2) is 9.59 Å². The quantitative estimate of drug-likeness (QED) is 0.283. The predicted molar refractivity (Wildman–Crippen MR) is 45.0 cm³/mol. The Balaban J connectivity index is 2.94. The van der Waals surface area contributed by atoms with Crippen molar-refractivity contribution in [2.75, 3.05) is 6.54 Å². The molecule has 1 saturated heterocycles. The van der Waals surface area contributed by atoms with Crippen LogP contribution in [0.3, 0.4) is 0 Å². The minimum Gasteiger partial charge on any atom is -0.410 e. The summed E-state index contributed by atoms with van der Waals surface area (Å²) in [7, 11) is 0. The van der Waals surface area contributed by atoms with E-state index in [0.717, 1.165) is 0 Å². The lowest BCUT2D eigenvalue weighted by Crippen LogP contribution is -2.40. The van der Waals surface area contributed by atoms with Crippen molar-refractivity contribution in [2.45, 2.75) is 17.3 Å². The van der Waals surface area contributed by atoms with E-state index in [-0.39, 0.29) is 0 Å². The van der Waals surface area contributed by atoms with Crippen molar-refractivity contribution >= 4 is 24.6 Å². The van der Waals surface area contributed by atoms with Gasteiger partial charge in [-0.2, -0.15) is 0 Å². The van der Waals surface area contributed by atoms with Crippen molar-refractivity contribution in [1.82, 2.24) is 0 Å². The second-order valence-corrected chi connectivity index (χ2v) is 3.33. The molecule has 1 heterocycles. The van der Waals surface area contributed by atoms with Crippen LogP contribution in [0.15, 0.2) is 0 Å². The van der Waals surface area contributed by atoms with Gasteiger partial charge in [0.2, 0.25) is 0 Å². The van der Waals surface area contributed by atoms with Crippen molar-refractivity contribution in [2.24, 2.45) is 5.73 Å². The lowest BCUT2D eigenvalue weighted by molar-refractivity contribution is -0.190. The molecule has 4 N–H and O–H groups in total. The van der Waals surface area contributed by atoms with Crippen LogP contribution in [-0.4, -0.2) is 46.0 Å². The molecule has 8 heteroatoms. The van der Waals surface area contributed by atoms with Crippen LogP contribution in [0.4, 0.5) is 0 Å². The molecule has 7 nitrogen and oxygen atoms in total. The van der Waals surface area contributed by atoms with E-state index in [0.29, 0.717) is 0 Å². The molecule has 0 aromatic carbocycles. The van der Waals surface area contributed by atoms with E-state index in [1.807, 2.05) is 0 Å². The van der Waals surface area contributed by atoms with Crippen molar-refractivity contribution < 1.29 is 29.3 Å². The minimum absolute atomic E-state index is 0.396. The normalized spacial score (nSPS) is 38.6.